The van der Waals surface area contributed by atoms with Crippen molar-refractivity contribution in [3.63, 3.8) is 0 Å². The minimum absolute atomic E-state index is 0.257. The summed E-state index contributed by atoms with van der Waals surface area (Å²) in [6.45, 7) is -2.33. The highest BCUT2D eigenvalue weighted by atomic mass is 32.2. The molecule has 0 radical (unpaired) electrons. The molecule has 0 spiro atoms. The summed E-state index contributed by atoms with van der Waals surface area (Å²) in [6, 6.07) is 0. The molecule has 0 rings (SSSR count). The van der Waals surface area contributed by atoms with E-state index in [1.54, 1.807) is 0 Å². The smallest absolute Gasteiger partial charge is 0.395 e. The van der Waals surface area contributed by atoms with Crippen LogP contribution in [0.4, 0.5) is 13.2 Å². The van der Waals surface area contributed by atoms with Crippen LogP contribution in [0, 0.1) is 0 Å². The summed E-state index contributed by atoms with van der Waals surface area (Å²) in [5.74, 6) is 0. The summed E-state index contributed by atoms with van der Waals surface area (Å²) in [5, 5.41) is 8.37. The molecule has 0 saturated carbocycles. The summed E-state index contributed by atoms with van der Waals surface area (Å²) < 4.78 is 58.8. The quantitative estimate of drug-likeness (QED) is 0.663. The minimum atomic E-state index is -4.59. The molecule has 0 bridgehead atoms. The largest absolute Gasteiger partial charge is 0.402 e. The zero-order chi connectivity index (χ0) is 11.4. The van der Waals surface area contributed by atoms with E-state index in [-0.39, 0.29) is 6.54 Å². The van der Waals surface area contributed by atoms with Gasteiger partial charge >= 0.3 is 6.18 Å². The van der Waals surface area contributed by atoms with Crippen LogP contribution in [0.15, 0.2) is 0 Å². The van der Waals surface area contributed by atoms with E-state index in [0.717, 1.165) is 7.05 Å². The maximum absolute atomic E-state index is 11.6. The predicted octanol–water partition coefficient (Wildman–Crippen LogP) is -0.693. The van der Waals surface area contributed by atoms with E-state index >= 15 is 0 Å². The van der Waals surface area contributed by atoms with Crippen molar-refractivity contribution in [3.05, 3.63) is 0 Å². The molecule has 0 atom stereocenters. The highest BCUT2D eigenvalue weighted by molar-refractivity contribution is 7.87. The van der Waals surface area contributed by atoms with Gasteiger partial charge in [0.05, 0.1) is 6.61 Å². The van der Waals surface area contributed by atoms with Crippen LogP contribution in [0.25, 0.3) is 0 Å². The maximum Gasteiger partial charge on any atom is 0.402 e. The fraction of sp³-hybridized carbons (Fsp3) is 1.00. The number of halogens is 3. The number of nitrogens with zero attached hydrogens (tertiary/aromatic N) is 1. The number of rotatable bonds is 5. The summed E-state index contributed by atoms with van der Waals surface area (Å²) in [5.41, 5.74) is 0. The normalized spacial score (nSPS) is 13.6. The first kappa shape index (κ1) is 13.6. The molecule has 0 aromatic heterocycles. The zero-order valence-electron chi connectivity index (χ0n) is 7.37. The Labute approximate surface area is 79.7 Å². The molecule has 9 heteroatoms. The second-order valence-corrected chi connectivity index (χ2v) is 4.35. The molecule has 0 aliphatic rings. The topological polar surface area (TPSA) is 69.6 Å². The van der Waals surface area contributed by atoms with E-state index in [1.807, 2.05) is 0 Å². The van der Waals surface area contributed by atoms with Crippen molar-refractivity contribution >= 4 is 10.2 Å². The number of nitrogens with one attached hydrogen (secondary N) is 1. The molecule has 86 valence electrons. The van der Waals surface area contributed by atoms with Gasteiger partial charge in [-0.2, -0.15) is 30.6 Å². The summed E-state index contributed by atoms with van der Waals surface area (Å²) in [4.78, 5) is 0. The van der Waals surface area contributed by atoms with Gasteiger partial charge < -0.3 is 5.11 Å². The Hall–Kier alpha value is -0.380. The summed E-state index contributed by atoms with van der Waals surface area (Å²) in [6.07, 6.45) is -4.59. The number of likely N-dealkylation sites (N-methyl/N-ethyl adjacent to an activating group) is 1. The van der Waals surface area contributed by atoms with Crippen LogP contribution in [0.3, 0.4) is 0 Å². The first-order valence-electron chi connectivity index (χ1n) is 3.57. The molecule has 0 saturated heterocycles. The fourth-order valence-electron chi connectivity index (χ4n) is 0.544. The van der Waals surface area contributed by atoms with Crippen LogP contribution in [-0.2, 0) is 10.2 Å². The van der Waals surface area contributed by atoms with Gasteiger partial charge in [-0.05, 0) is 0 Å². The number of aliphatic hydroxyl groups excluding tert-OH is 1. The molecule has 0 aliphatic heterocycles. The van der Waals surface area contributed by atoms with Crippen molar-refractivity contribution in [1.29, 1.82) is 0 Å². The van der Waals surface area contributed by atoms with Crippen molar-refractivity contribution in [2.75, 3.05) is 26.7 Å². The van der Waals surface area contributed by atoms with Crippen molar-refractivity contribution in [2.24, 2.45) is 0 Å². The van der Waals surface area contributed by atoms with Crippen LogP contribution in [0.5, 0.6) is 0 Å². The van der Waals surface area contributed by atoms with Gasteiger partial charge in [-0.25, -0.2) is 0 Å². The van der Waals surface area contributed by atoms with Crippen LogP contribution in [0.1, 0.15) is 0 Å². The Balaban J connectivity index is 4.22. The highest BCUT2D eigenvalue weighted by Gasteiger charge is 2.30. The van der Waals surface area contributed by atoms with E-state index in [4.69, 9.17) is 5.11 Å². The summed E-state index contributed by atoms with van der Waals surface area (Å²) in [7, 11) is -3.09. The minimum Gasteiger partial charge on any atom is -0.395 e. The van der Waals surface area contributed by atoms with E-state index < -0.39 is 29.5 Å². The Bertz CT molecular complexity index is 264. The first-order valence-corrected chi connectivity index (χ1v) is 5.01. The third-order valence-corrected chi connectivity index (χ3v) is 2.79. The molecule has 2 N–H and O–H groups in total. The lowest BCUT2D eigenvalue weighted by molar-refractivity contribution is -0.121. The van der Waals surface area contributed by atoms with Crippen molar-refractivity contribution < 1.29 is 26.7 Å². The molecule has 5 nitrogen and oxygen atoms in total. The standard InChI is InChI=1S/C5H11F3N2O3S/c1-10(2-3-11)14(12,13)9-4-5(6,7)8/h9,11H,2-4H2,1H3. The Kier molecular flexibility index (Phi) is 4.78. The molecule has 0 amide bonds. The molecule has 0 aromatic carbocycles. The third-order valence-electron chi connectivity index (χ3n) is 1.28. The second kappa shape index (κ2) is 4.91. The molecule has 0 heterocycles. The number of alkyl halides is 3. The average Bonchev–Trinajstić information content (AvgIpc) is 2.00. The van der Waals surface area contributed by atoms with Crippen LogP contribution in [-0.4, -0.2) is 50.7 Å². The van der Waals surface area contributed by atoms with Gasteiger partial charge in [-0.3, -0.25) is 0 Å². The van der Waals surface area contributed by atoms with E-state index in [0.29, 0.717) is 4.31 Å². The van der Waals surface area contributed by atoms with Gasteiger partial charge in [0, 0.05) is 13.6 Å². The number of aliphatic hydroxyl groups is 1. The monoisotopic (exact) mass is 236 g/mol. The average molecular weight is 236 g/mol. The van der Waals surface area contributed by atoms with Crippen LogP contribution < -0.4 is 4.72 Å². The van der Waals surface area contributed by atoms with E-state index in [1.165, 1.54) is 4.72 Å². The lowest BCUT2D eigenvalue weighted by Gasteiger charge is -2.17. The number of hydrogen-bond donors (Lipinski definition) is 2. The third kappa shape index (κ3) is 5.37. The second-order valence-electron chi connectivity index (χ2n) is 2.49. The van der Waals surface area contributed by atoms with Crippen molar-refractivity contribution in [3.8, 4) is 0 Å². The maximum atomic E-state index is 11.6. The lowest BCUT2D eigenvalue weighted by Crippen LogP contribution is -2.43. The molecule has 0 fully saturated rings. The highest BCUT2D eigenvalue weighted by Crippen LogP contribution is 2.13. The molecule has 0 aliphatic carbocycles. The van der Waals surface area contributed by atoms with Gasteiger partial charge in [0.1, 0.15) is 6.54 Å². The Morgan fingerprint density at radius 2 is 1.93 bits per heavy atom. The summed E-state index contributed by atoms with van der Waals surface area (Å²) >= 11 is 0. The SMILES string of the molecule is CN(CCO)S(=O)(=O)NCC(F)(F)F. The molecule has 14 heavy (non-hydrogen) atoms. The predicted molar refractivity (Wildman–Crippen MR) is 42.7 cm³/mol. The Morgan fingerprint density at radius 1 is 1.43 bits per heavy atom. The zero-order valence-corrected chi connectivity index (χ0v) is 8.19. The fourth-order valence-corrected chi connectivity index (χ4v) is 1.43. The number of hydrogen-bond acceptors (Lipinski definition) is 3. The van der Waals surface area contributed by atoms with Crippen molar-refractivity contribution in [2.45, 2.75) is 6.18 Å². The van der Waals surface area contributed by atoms with Gasteiger partial charge in [0.25, 0.3) is 10.2 Å². The Morgan fingerprint density at radius 3 is 2.29 bits per heavy atom. The van der Waals surface area contributed by atoms with Gasteiger partial charge in [0.15, 0.2) is 0 Å². The van der Waals surface area contributed by atoms with E-state index in [2.05, 4.69) is 0 Å². The van der Waals surface area contributed by atoms with Crippen molar-refractivity contribution in [1.82, 2.24) is 9.03 Å². The molecular weight excluding hydrogens is 225 g/mol. The van der Waals surface area contributed by atoms with Crippen LogP contribution >= 0.6 is 0 Å². The van der Waals surface area contributed by atoms with E-state index in [9.17, 15) is 21.6 Å². The molecular formula is C5H11F3N2O3S. The van der Waals surface area contributed by atoms with Gasteiger partial charge in [-0.1, -0.05) is 0 Å². The molecule has 0 unspecified atom stereocenters. The first-order chi connectivity index (χ1) is 6.19. The lowest BCUT2D eigenvalue weighted by atomic mass is 10.7. The molecule has 0 aromatic rings. The van der Waals surface area contributed by atoms with Gasteiger partial charge in [-0.15, -0.1) is 0 Å². The van der Waals surface area contributed by atoms with Gasteiger partial charge in [0.2, 0.25) is 0 Å². The van der Waals surface area contributed by atoms with Crippen LogP contribution in [0.2, 0.25) is 0 Å².